The fourth-order valence-corrected chi connectivity index (χ4v) is 4.65. The van der Waals surface area contributed by atoms with Gasteiger partial charge in [-0.25, -0.2) is 15.4 Å². The molecule has 1 aromatic rings. The Labute approximate surface area is 160 Å². The summed E-state index contributed by atoms with van der Waals surface area (Å²) in [4.78, 5) is 24.7. The Kier molecular flexibility index (Phi) is 5.56. The third kappa shape index (κ3) is 3.93. The Hall–Kier alpha value is -1.77. The Morgan fingerprint density at radius 2 is 2.04 bits per heavy atom. The molecule has 0 radical (unpaired) electrons. The summed E-state index contributed by atoms with van der Waals surface area (Å²) in [6, 6.07) is 2.76. The standard InChI is InChI=1S/C19H30N6O2/c1-3-27-14-4-5-16-15(10-14)19(23-22-16)17-11-18(21-12-20-17)25-8-6-24(7-9-25)13(2)26/h11-12,14-16,19,22-23H,3-10H2,1-2H3. The lowest BCUT2D eigenvalue weighted by Gasteiger charge is -2.35. The van der Waals surface area contributed by atoms with E-state index in [4.69, 9.17) is 4.74 Å². The lowest BCUT2D eigenvalue weighted by atomic mass is 9.79. The fourth-order valence-electron chi connectivity index (χ4n) is 4.65. The predicted molar refractivity (Wildman–Crippen MR) is 102 cm³/mol. The number of hydrogen-bond acceptors (Lipinski definition) is 7. The number of fused-ring (bicyclic) bond motifs is 1. The van der Waals surface area contributed by atoms with Gasteiger partial charge in [0.1, 0.15) is 12.1 Å². The summed E-state index contributed by atoms with van der Waals surface area (Å²) in [6.45, 7) is 7.59. The molecule has 0 bridgehead atoms. The number of ether oxygens (including phenoxy) is 1. The molecule has 8 nitrogen and oxygen atoms in total. The number of hydrazine groups is 1. The first-order valence-electron chi connectivity index (χ1n) is 10.1. The molecule has 8 heteroatoms. The third-order valence-electron chi connectivity index (χ3n) is 6.15. The van der Waals surface area contributed by atoms with Crippen molar-refractivity contribution in [2.24, 2.45) is 5.92 Å². The quantitative estimate of drug-likeness (QED) is 0.809. The molecule has 4 atom stereocenters. The zero-order valence-electron chi connectivity index (χ0n) is 16.2. The number of carbonyl (C=O) groups excluding carboxylic acids is 1. The molecular weight excluding hydrogens is 344 g/mol. The van der Waals surface area contributed by atoms with Crippen LogP contribution in [0, 0.1) is 5.92 Å². The molecule has 3 fully saturated rings. The van der Waals surface area contributed by atoms with Crippen molar-refractivity contribution < 1.29 is 9.53 Å². The summed E-state index contributed by atoms with van der Waals surface area (Å²) in [5, 5.41) is 0. The largest absolute Gasteiger partial charge is 0.378 e. The Morgan fingerprint density at radius 3 is 2.78 bits per heavy atom. The van der Waals surface area contributed by atoms with Crippen molar-refractivity contribution in [3.63, 3.8) is 0 Å². The average Bonchev–Trinajstić information content (AvgIpc) is 3.12. The van der Waals surface area contributed by atoms with Gasteiger partial charge in [-0.3, -0.25) is 10.2 Å². The van der Waals surface area contributed by atoms with Gasteiger partial charge in [-0.2, -0.15) is 0 Å². The molecule has 3 heterocycles. The van der Waals surface area contributed by atoms with Crippen LogP contribution in [0.2, 0.25) is 0 Å². The molecule has 0 aromatic carbocycles. The van der Waals surface area contributed by atoms with E-state index >= 15 is 0 Å². The number of carbonyl (C=O) groups is 1. The zero-order valence-corrected chi connectivity index (χ0v) is 16.2. The highest BCUT2D eigenvalue weighted by atomic mass is 16.5. The van der Waals surface area contributed by atoms with Crippen molar-refractivity contribution >= 4 is 11.7 Å². The Morgan fingerprint density at radius 1 is 1.22 bits per heavy atom. The van der Waals surface area contributed by atoms with Crippen molar-refractivity contribution in [1.82, 2.24) is 25.7 Å². The van der Waals surface area contributed by atoms with E-state index < -0.39 is 0 Å². The monoisotopic (exact) mass is 374 g/mol. The summed E-state index contributed by atoms with van der Waals surface area (Å²) >= 11 is 0. The molecule has 1 aromatic heterocycles. The van der Waals surface area contributed by atoms with Gasteiger partial charge in [0.05, 0.1) is 17.8 Å². The van der Waals surface area contributed by atoms with E-state index in [-0.39, 0.29) is 11.9 Å². The first-order chi connectivity index (χ1) is 13.2. The lowest BCUT2D eigenvalue weighted by molar-refractivity contribution is -0.129. The highest BCUT2D eigenvalue weighted by Gasteiger charge is 2.42. The van der Waals surface area contributed by atoms with Crippen molar-refractivity contribution in [2.75, 3.05) is 37.7 Å². The number of nitrogens with one attached hydrogen (secondary N) is 2. The van der Waals surface area contributed by atoms with E-state index in [2.05, 4.69) is 38.7 Å². The lowest BCUT2D eigenvalue weighted by Crippen LogP contribution is -2.48. The van der Waals surface area contributed by atoms with Gasteiger partial charge in [-0.15, -0.1) is 0 Å². The van der Waals surface area contributed by atoms with E-state index in [0.717, 1.165) is 63.6 Å². The van der Waals surface area contributed by atoms with Gasteiger partial charge in [-0.05, 0) is 26.2 Å². The second-order valence-electron chi connectivity index (χ2n) is 7.72. The second kappa shape index (κ2) is 8.08. The number of amides is 1. The molecular formula is C19H30N6O2. The average molecular weight is 374 g/mol. The molecule has 4 unspecified atom stereocenters. The van der Waals surface area contributed by atoms with Crippen LogP contribution in [0.4, 0.5) is 5.82 Å². The number of aromatic nitrogens is 2. The van der Waals surface area contributed by atoms with E-state index in [9.17, 15) is 4.79 Å². The minimum atomic E-state index is 0.145. The van der Waals surface area contributed by atoms with Crippen molar-refractivity contribution in [1.29, 1.82) is 0 Å². The minimum Gasteiger partial charge on any atom is -0.378 e. The third-order valence-corrected chi connectivity index (χ3v) is 6.15. The number of anilines is 1. The van der Waals surface area contributed by atoms with Crippen LogP contribution in [0.15, 0.2) is 12.4 Å². The van der Waals surface area contributed by atoms with Crippen LogP contribution in [0.1, 0.15) is 44.8 Å². The highest BCUT2D eigenvalue weighted by molar-refractivity contribution is 5.73. The molecule has 0 spiro atoms. The van der Waals surface area contributed by atoms with Crippen LogP contribution in [-0.2, 0) is 9.53 Å². The minimum absolute atomic E-state index is 0.145. The van der Waals surface area contributed by atoms with Gasteiger partial charge in [0.2, 0.25) is 5.91 Å². The van der Waals surface area contributed by atoms with Crippen LogP contribution in [0.5, 0.6) is 0 Å². The van der Waals surface area contributed by atoms with Crippen LogP contribution in [0.3, 0.4) is 0 Å². The predicted octanol–water partition coefficient (Wildman–Crippen LogP) is 0.868. The van der Waals surface area contributed by atoms with Crippen LogP contribution in [-0.4, -0.2) is 65.7 Å². The number of piperazine rings is 1. The van der Waals surface area contributed by atoms with Gasteiger partial charge in [0.25, 0.3) is 0 Å². The van der Waals surface area contributed by atoms with Gasteiger partial charge < -0.3 is 14.5 Å². The Balaban J connectivity index is 1.45. The normalized spacial score (nSPS) is 31.0. The maximum absolute atomic E-state index is 11.5. The number of nitrogens with zero attached hydrogens (tertiary/aromatic N) is 4. The maximum Gasteiger partial charge on any atom is 0.219 e. The summed E-state index contributed by atoms with van der Waals surface area (Å²) in [7, 11) is 0. The number of rotatable bonds is 4. The highest BCUT2D eigenvalue weighted by Crippen LogP contribution is 2.38. The van der Waals surface area contributed by atoms with Crippen molar-refractivity contribution in [2.45, 2.75) is 51.3 Å². The van der Waals surface area contributed by atoms with E-state index in [1.165, 1.54) is 0 Å². The van der Waals surface area contributed by atoms with Gasteiger partial charge in [-0.1, -0.05) is 0 Å². The molecule has 1 saturated carbocycles. The first kappa shape index (κ1) is 18.6. The summed E-state index contributed by atoms with van der Waals surface area (Å²) in [5.41, 5.74) is 7.96. The topological polar surface area (TPSA) is 82.6 Å². The van der Waals surface area contributed by atoms with Crippen LogP contribution < -0.4 is 15.8 Å². The summed E-state index contributed by atoms with van der Waals surface area (Å²) < 4.78 is 5.89. The maximum atomic E-state index is 11.5. The fraction of sp³-hybridized carbons (Fsp3) is 0.737. The summed E-state index contributed by atoms with van der Waals surface area (Å²) in [5.74, 6) is 1.57. The van der Waals surface area contributed by atoms with Gasteiger partial charge in [0.15, 0.2) is 0 Å². The Bertz CT molecular complexity index is 663. The van der Waals surface area contributed by atoms with E-state index in [1.807, 2.05) is 4.90 Å². The molecule has 1 aliphatic carbocycles. The van der Waals surface area contributed by atoms with Crippen LogP contribution >= 0.6 is 0 Å². The molecule has 3 aliphatic rings. The number of hydrogen-bond donors (Lipinski definition) is 2. The molecule has 2 aliphatic heterocycles. The molecule has 148 valence electrons. The van der Waals surface area contributed by atoms with Gasteiger partial charge in [0, 0.05) is 57.7 Å². The van der Waals surface area contributed by atoms with E-state index in [0.29, 0.717) is 18.1 Å². The van der Waals surface area contributed by atoms with Crippen molar-refractivity contribution in [3.05, 3.63) is 18.1 Å². The van der Waals surface area contributed by atoms with E-state index in [1.54, 1.807) is 13.3 Å². The smallest absolute Gasteiger partial charge is 0.219 e. The SMILES string of the molecule is CCOC1CCC2NNC(c3cc(N4CCN(C(C)=O)CC4)ncn3)C2C1. The molecule has 27 heavy (non-hydrogen) atoms. The second-order valence-corrected chi connectivity index (χ2v) is 7.72. The summed E-state index contributed by atoms with van der Waals surface area (Å²) in [6.07, 6.45) is 5.32. The first-order valence-corrected chi connectivity index (χ1v) is 10.1. The van der Waals surface area contributed by atoms with Crippen LogP contribution in [0.25, 0.3) is 0 Å². The molecule has 2 N–H and O–H groups in total. The van der Waals surface area contributed by atoms with Gasteiger partial charge >= 0.3 is 0 Å². The molecule has 2 saturated heterocycles. The molecule has 4 rings (SSSR count). The molecule has 1 amide bonds. The zero-order chi connectivity index (χ0) is 18.8. The van der Waals surface area contributed by atoms with Crippen molar-refractivity contribution in [3.8, 4) is 0 Å².